The molecular weight excluding hydrogens is 421 g/mol. The molecule has 3 amide bonds. The number of nitrogens with one attached hydrogen (secondary N) is 1. The van der Waals surface area contributed by atoms with Gasteiger partial charge in [0.1, 0.15) is 0 Å². The zero-order chi connectivity index (χ0) is 20.0. The van der Waals surface area contributed by atoms with Crippen LogP contribution in [0.2, 0.25) is 10.0 Å². The van der Waals surface area contributed by atoms with Crippen LogP contribution < -0.4 is 10.2 Å². The Balaban J connectivity index is 1.80. The lowest BCUT2D eigenvalue weighted by molar-refractivity contribution is -0.122. The molecule has 2 aromatic carbocycles. The normalized spacial score (nSPS) is 20.0. The highest BCUT2D eigenvalue weighted by atomic mass is 35.5. The topological polar surface area (TPSA) is 78.8 Å². The van der Waals surface area contributed by atoms with Gasteiger partial charge in [0.05, 0.1) is 31.9 Å². The summed E-state index contributed by atoms with van der Waals surface area (Å²) in [6.45, 7) is 1.30. The summed E-state index contributed by atoms with van der Waals surface area (Å²) in [4.78, 5) is 43.0. The number of nitrogens with zero attached hydrogens (tertiary/aromatic N) is 2. The first-order valence-corrected chi connectivity index (χ1v) is 9.66. The third-order valence-corrected chi connectivity index (χ3v) is 5.94. The molecule has 0 spiro atoms. The minimum absolute atomic E-state index is 0.177. The van der Waals surface area contributed by atoms with Gasteiger partial charge in [-0.3, -0.25) is 14.4 Å². The summed E-state index contributed by atoms with van der Waals surface area (Å²) in [7, 11) is 0. The molecule has 2 aliphatic rings. The molecule has 1 fully saturated rings. The molecule has 28 heavy (non-hydrogen) atoms. The molecule has 0 radical (unpaired) electrons. The Kier molecular flexibility index (Phi) is 4.74. The highest BCUT2D eigenvalue weighted by Crippen LogP contribution is 2.43. The zero-order valence-electron chi connectivity index (χ0n) is 14.3. The van der Waals surface area contributed by atoms with Crippen LogP contribution in [0.15, 0.2) is 52.4 Å². The summed E-state index contributed by atoms with van der Waals surface area (Å²) in [6, 6.07) is 11.8. The number of carbonyl (C=O) groups is 3. The average molecular weight is 432 g/mol. The van der Waals surface area contributed by atoms with E-state index in [9.17, 15) is 14.4 Å². The van der Waals surface area contributed by atoms with Crippen LogP contribution >= 0.6 is 35.0 Å². The van der Waals surface area contributed by atoms with Crippen LogP contribution in [0.3, 0.4) is 0 Å². The number of carbonyl (C=O) groups excluding carboxylic acids is 3. The number of benzene rings is 2. The van der Waals surface area contributed by atoms with E-state index < -0.39 is 17.7 Å². The van der Waals surface area contributed by atoms with Crippen molar-refractivity contribution in [3.8, 4) is 0 Å². The van der Waals surface area contributed by atoms with Crippen LogP contribution in [-0.2, 0) is 14.4 Å². The third kappa shape index (κ3) is 3.01. The maximum atomic E-state index is 12.9. The first kappa shape index (κ1) is 18.7. The van der Waals surface area contributed by atoms with E-state index in [4.69, 9.17) is 23.2 Å². The van der Waals surface area contributed by atoms with E-state index in [2.05, 4.69) is 10.3 Å². The van der Waals surface area contributed by atoms with Crippen LogP contribution in [-0.4, -0.2) is 22.9 Å². The number of hydrogen-bond donors (Lipinski definition) is 1. The van der Waals surface area contributed by atoms with E-state index in [1.807, 2.05) is 0 Å². The first-order chi connectivity index (χ1) is 13.4. The highest BCUT2D eigenvalue weighted by Gasteiger charge is 2.40. The standard InChI is InChI=1S/C19H11Cl2N3O3S/c1-9(25)24-13-8-3-2-5-10(13)14(18(24)27)16-17(26)23-19(28-16)22-12-7-4-6-11(20)15(12)21/h2-8H,1H3,(H,22,23,26)/b16-14-. The third-order valence-electron chi connectivity index (χ3n) is 4.15. The van der Waals surface area contributed by atoms with Crippen LogP contribution in [0.5, 0.6) is 0 Å². The average Bonchev–Trinajstić information content (AvgIpc) is 3.14. The molecule has 0 aromatic heterocycles. The van der Waals surface area contributed by atoms with E-state index in [1.165, 1.54) is 6.92 Å². The Morgan fingerprint density at radius 2 is 1.86 bits per heavy atom. The molecule has 140 valence electrons. The van der Waals surface area contributed by atoms with Gasteiger partial charge in [0, 0.05) is 12.5 Å². The molecule has 6 nitrogen and oxygen atoms in total. The van der Waals surface area contributed by atoms with E-state index in [1.54, 1.807) is 42.5 Å². The first-order valence-electron chi connectivity index (χ1n) is 8.09. The van der Waals surface area contributed by atoms with Gasteiger partial charge in [0.15, 0.2) is 5.17 Å². The van der Waals surface area contributed by atoms with E-state index in [0.29, 0.717) is 22.0 Å². The number of aliphatic imine (C=N–C) groups is 1. The number of fused-ring (bicyclic) bond motifs is 1. The Bertz CT molecular complexity index is 1130. The van der Waals surface area contributed by atoms with Crippen molar-refractivity contribution in [1.29, 1.82) is 0 Å². The van der Waals surface area contributed by atoms with E-state index >= 15 is 0 Å². The second-order valence-electron chi connectivity index (χ2n) is 5.93. The van der Waals surface area contributed by atoms with Crippen molar-refractivity contribution in [1.82, 2.24) is 5.32 Å². The van der Waals surface area contributed by atoms with Crippen LogP contribution in [0.25, 0.3) is 5.57 Å². The Hall–Kier alpha value is -2.61. The minimum atomic E-state index is -0.534. The molecule has 0 unspecified atom stereocenters. The molecule has 0 aliphatic carbocycles. The monoisotopic (exact) mass is 431 g/mol. The summed E-state index contributed by atoms with van der Waals surface area (Å²) in [5, 5.41) is 3.50. The second kappa shape index (κ2) is 7.09. The molecule has 0 saturated carbocycles. The summed E-state index contributed by atoms with van der Waals surface area (Å²) in [6.07, 6.45) is 0. The number of thioether (sulfide) groups is 1. The SMILES string of the molecule is CC(=O)N1C(=O)/C(=C2\SC(=Nc3cccc(Cl)c3Cl)NC2=O)c2ccccc21. The number of hydrogen-bond acceptors (Lipinski definition) is 5. The molecule has 9 heteroatoms. The molecule has 0 atom stereocenters. The van der Waals surface area contributed by atoms with Crippen molar-refractivity contribution in [2.24, 2.45) is 4.99 Å². The smallest absolute Gasteiger partial charge is 0.267 e. The van der Waals surface area contributed by atoms with E-state index in [0.717, 1.165) is 16.7 Å². The number of para-hydroxylation sites is 1. The Labute approximate surface area is 174 Å². The van der Waals surface area contributed by atoms with Gasteiger partial charge in [0.25, 0.3) is 11.8 Å². The van der Waals surface area contributed by atoms with Gasteiger partial charge < -0.3 is 5.32 Å². The van der Waals surface area contributed by atoms with Gasteiger partial charge in [-0.1, -0.05) is 47.5 Å². The number of anilines is 1. The fraction of sp³-hybridized carbons (Fsp3) is 0.0526. The zero-order valence-corrected chi connectivity index (χ0v) is 16.7. The highest BCUT2D eigenvalue weighted by molar-refractivity contribution is 8.18. The molecule has 2 aromatic rings. The van der Waals surface area contributed by atoms with Crippen molar-refractivity contribution in [2.45, 2.75) is 6.92 Å². The fourth-order valence-electron chi connectivity index (χ4n) is 2.97. The summed E-state index contributed by atoms with van der Waals surface area (Å²) < 4.78 is 0. The van der Waals surface area contributed by atoms with Gasteiger partial charge in [0.2, 0.25) is 5.91 Å². The van der Waals surface area contributed by atoms with Crippen molar-refractivity contribution >= 4 is 74.8 Å². The maximum absolute atomic E-state index is 12.9. The van der Waals surface area contributed by atoms with E-state index in [-0.39, 0.29) is 20.7 Å². The molecule has 1 N–H and O–H groups in total. The van der Waals surface area contributed by atoms with Crippen molar-refractivity contribution < 1.29 is 14.4 Å². The van der Waals surface area contributed by atoms with Crippen LogP contribution in [0.4, 0.5) is 11.4 Å². The molecule has 1 saturated heterocycles. The lowest BCUT2D eigenvalue weighted by atomic mass is 10.1. The summed E-state index contributed by atoms with van der Waals surface area (Å²) in [5.41, 5.74) is 1.56. The largest absolute Gasteiger partial charge is 0.300 e. The van der Waals surface area contributed by atoms with Gasteiger partial charge in [-0.15, -0.1) is 0 Å². The predicted molar refractivity (Wildman–Crippen MR) is 111 cm³/mol. The van der Waals surface area contributed by atoms with Gasteiger partial charge in [-0.2, -0.15) is 0 Å². The lowest BCUT2D eigenvalue weighted by Crippen LogP contribution is -2.31. The quantitative estimate of drug-likeness (QED) is 0.687. The van der Waals surface area contributed by atoms with Crippen molar-refractivity contribution in [3.63, 3.8) is 0 Å². The van der Waals surface area contributed by atoms with Crippen molar-refractivity contribution in [2.75, 3.05) is 4.90 Å². The molecule has 4 rings (SSSR count). The van der Waals surface area contributed by atoms with Gasteiger partial charge in [-0.05, 0) is 30.0 Å². The minimum Gasteiger partial charge on any atom is -0.300 e. The number of halogens is 2. The number of rotatable bonds is 1. The summed E-state index contributed by atoms with van der Waals surface area (Å²) >= 11 is 13.2. The summed E-state index contributed by atoms with van der Waals surface area (Å²) in [5.74, 6) is -1.42. The van der Waals surface area contributed by atoms with Crippen molar-refractivity contribution in [3.05, 3.63) is 63.0 Å². The second-order valence-corrected chi connectivity index (χ2v) is 7.71. The number of amidine groups is 1. The number of amides is 3. The lowest BCUT2D eigenvalue weighted by Gasteiger charge is -2.11. The maximum Gasteiger partial charge on any atom is 0.267 e. The predicted octanol–water partition coefficient (Wildman–Crippen LogP) is 4.15. The molecule has 2 heterocycles. The molecular formula is C19H11Cl2N3O3S. The van der Waals surface area contributed by atoms with Crippen LogP contribution in [0, 0.1) is 0 Å². The van der Waals surface area contributed by atoms with Gasteiger partial charge >= 0.3 is 0 Å². The molecule has 2 aliphatic heterocycles. The van der Waals surface area contributed by atoms with Gasteiger partial charge in [-0.25, -0.2) is 9.89 Å². The Morgan fingerprint density at radius 3 is 2.61 bits per heavy atom. The van der Waals surface area contributed by atoms with Crippen LogP contribution in [0.1, 0.15) is 12.5 Å². The molecule has 0 bridgehead atoms. The Morgan fingerprint density at radius 1 is 1.11 bits per heavy atom. The number of imide groups is 1. The fourth-order valence-corrected chi connectivity index (χ4v) is 4.24.